The van der Waals surface area contributed by atoms with Crippen molar-refractivity contribution in [1.29, 1.82) is 0 Å². The van der Waals surface area contributed by atoms with E-state index in [-0.39, 0.29) is 23.3 Å². The van der Waals surface area contributed by atoms with Crippen molar-refractivity contribution in [3.05, 3.63) is 11.6 Å². The Morgan fingerprint density at radius 2 is 1.82 bits per heavy atom. The van der Waals surface area contributed by atoms with Gasteiger partial charge in [-0.2, -0.15) is 13.1 Å². The molecule has 1 saturated carbocycles. The highest BCUT2D eigenvalue weighted by molar-refractivity contribution is 7.87. The van der Waals surface area contributed by atoms with Crippen LogP contribution in [0, 0.1) is 17.3 Å². The monoisotopic (exact) mass is 329 g/mol. The van der Waals surface area contributed by atoms with Crippen molar-refractivity contribution in [1.82, 2.24) is 9.62 Å². The Balaban J connectivity index is 1.92. The fourth-order valence-electron chi connectivity index (χ4n) is 3.47. The maximum Gasteiger partial charge on any atom is 0.274 e. The summed E-state index contributed by atoms with van der Waals surface area (Å²) in [6.45, 7) is 9.55. The molecule has 126 valence electrons. The quantitative estimate of drug-likeness (QED) is 0.754. The number of rotatable bonds is 4. The first-order chi connectivity index (χ1) is 10.0. The smallest absolute Gasteiger partial charge is 0.274 e. The molecule has 0 aromatic heterocycles. The Bertz CT molecular complexity index is 571. The molecular weight excluding hydrogens is 302 g/mol. The molecule has 0 aromatic carbocycles. The summed E-state index contributed by atoms with van der Waals surface area (Å²) in [5, 5.41) is 4.99. The number of hydrogen-bond acceptors (Lipinski definition) is 3. The molecule has 0 spiro atoms. The lowest BCUT2D eigenvalue weighted by Gasteiger charge is -2.32. The summed E-state index contributed by atoms with van der Waals surface area (Å²) in [7, 11) is -3.67. The van der Waals surface area contributed by atoms with E-state index in [9.17, 15) is 13.2 Å². The van der Waals surface area contributed by atoms with Gasteiger partial charge in [-0.15, -0.1) is 0 Å². The van der Waals surface area contributed by atoms with Crippen LogP contribution in [0.15, 0.2) is 11.6 Å². The highest BCUT2D eigenvalue weighted by Crippen LogP contribution is 2.60. The molecule has 2 fully saturated rings. The van der Waals surface area contributed by atoms with Gasteiger partial charge in [0.25, 0.3) is 10.2 Å². The fourth-order valence-corrected chi connectivity index (χ4v) is 4.17. The first kappa shape index (κ1) is 17.4. The topological polar surface area (TPSA) is 92.5 Å². The van der Waals surface area contributed by atoms with Crippen molar-refractivity contribution in [2.45, 2.75) is 46.6 Å². The zero-order chi connectivity index (χ0) is 16.7. The van der Waals surface area contributed by atoms with E-state index in [0.717, 1.165) is 0 Å². The van der Waals surface area contributed by atoms with Crippen LogP contribution in [0.2, 0.25) is 0 Å². The number of nitrogens with zero attached hydrogens (tertiary/aromatic N) is 1. The Kier molecular flexibility index (Phi) is 4.71. The number of likely N-dealkylation sites (tertiary alicyclic amines) is 1. The van der Waals surface area contributed by atoms with Gasteiger partial charge in [0.2, 0.25) is 5.91 Å². The van der Waals surface area contributed by atoms with Crippen LogP contribution in [-0.4, -0.2) is 38.4 Å². The number of piperidine rings is 1. The number of hydrogen-bond donors (Lipinski definition) is 2. The molecule has 6 nitrogen and oxygen atoms in total. The van der Waals surface area contributed by atoms with E-state index in [0.29, 0.717) is 31.8 Å². The average Bonchev–Trinajstić information content (AvgIpc) is 2.88. The summed E-state index contributed by atoms with van der Waals surface area (Å²) in [5.74, 6) is 0.553. The summed E-state index contributed by atoms with van der Waals surface area (Å²) in [6.07, 6.45) is 3.42. The molecule has 3 N–H and O–H groups in total. The molecule has 1 heterocycles. The second-order valence-electron chi connectivity index (χ2n) is 7.33. The van der Waals surface area contributed by atoms with E-state index in [4.69, 9.17) is 5.14 Å². The largest absolute Gasteiger partial charge is 0.342 e. The lowest BCUT2D eigenvalue weighted by atomic mass is 10.0. The predicted molar refractivity (Wildman–Crippen MR) is 86.0 cm³/mol. The van der Waals surface area contributed by atoms with E-state index < -0.39 is 10.2 Å². The predicted octanol–water partition coefficient (Wildman–Crippen LogP) is 1.01. The summed E-state index contributed by atoms with van der Waals surface area (Å²) in [4.78, 5) is 14.6. The summed E-state index contributed by atoms with van der Waals surface area (Å²) < 4.78 is 24.5. The molecule has 2 atom stereocenters. The minimum absolute atomic E-state index is 0.0179. The molecular formula is C15H27N3O3S. The van der Waals surface area contributed by atoms with Gasteiger partial charge in [0, 0.05) is 19.1 Å². The minimum Gasteiger partial charge on any atom is -0.342 e. The van der Waals surface area contributed by atoms with Crippen molar-refractivity contribution in [2.75, 3.05) is 13.1 Å². The fraction of sp³-hybridized carbons (Fsp3) is 0.800. The van der Waals surface area contributed by atoms with Gasteiger partial charge in [-0.1, -0.05) is 25.5 Å². The van der Waals surface area contributed by atoms with E-state index in [1.165, 1.54) is 5.57 Å². The van der Waals surface area contributed by atoms with Crippen LogP contribution in [0.25, 0.3) is 0 Å². The number of nitrogens with two attached hydrogens (primary N) is 1. The van der Waals surface area contributed by atoms with Crippen LogP contribution in [0.4, 0.5) is 0 Å². The number of carbonyl (C=O) groups excluding carboxylic acids is 1. The van der Waals surface area contributed by atoms with Crippen LogP contribution >= 0.6 is 0 Å². The normalized spacial score (nSPS) is 28.3. The zero-order valence-corrected chi connectivity index (χ0v) is 14.6. The minimum atomic E-state index is -3.67. The van der Waals surface area contributed by atoms with Gasteiger partial charge < -0.3 is 4.90 Å². The third-order valence-corrected chi connectivity index (χ3v) is 5.49. The van der Waals surface area contributed by atoms with Gasteiger partial charge in [-0.05, 0) is 38.0 Å². The van der Waals surface area contributed by atoms with Crippen molar-refractivity contribution in [3.63, 3.8) is 0 Å². The van der Waals surface area contributed by atoms with E-state index >= 15 is 0 Å². The SMILES string of the molecule is CC(C)=CC1C(C(=O)N2CCC(NS(N)(=O)=O)CC2)C1(C)C. The van der Waals surface area contributed by atoms with Gasteiger partial charge in [-0.25, -0.2) is 5.14 Å². The molecule has 0 aromatic rings. The van der Waals surface area contributed by atoms with Crippen molar-refractivity contribution >= 4 is 16.1 Å². The first-order valence-electron chi connectivity index (χ1n) is 7.76. The Hall–Kier alpha value is -0.920. The standard InChI is InChI=1S/C15H27N3O3S/c1-10(2)9-12-13(15(12,3)4)14(19)18-7-5-11(6-8-18)17-22(16,20)21/h9,11-13,17H,5-8H2,1-4H3,(H2,16,20,21). The van der Waals surface area contributed by atoms with Crippen LogP contribution in [0.1, 0.15) is 40.5 Å². The van der Waals surface area contributed by atoms with Crippen LogP contribution in [0.3, 0.4) is 0 Å². The van der Waals surface area contributed by atoms with Gasteiger partial charge in [-0.3, -0.25) is 4.79 Å². The molecule has 2 rings (SSSR count). The van der Waals surface area contributed by atoms with Gasteiger partial charge >= 0.3 is 0 Å². The molecule has 0 bridgehead atoms. The molecule has 0 radical (unpaired) electrons. The Morgan fingerprint density at radius 3 is 2.27 bits per heavy atom. The highest BCUT2D eigenvalue weighted by Gasteiger charge is 2.61. The molecule has 1 aliphatic heterocycles. The lowest BCUT2D eigenvalue weighted by Crippen LogP contribution is -2.48. The average molecular weight is 329 g/mol. The van der Waals surface area contributed by atoms with E-state index in [1.54, 1.807) is 0 Å². The second-order valence-corrected chi connectivity index (χ2v) is 8.66. The summed E-state index contributed by atoms with van der Waals surface area (Å²) in [5.41, 5.74) is 1.26. The molecule has 2 unspecified atom stereocenters. The van der Waals surface area contributed by atoms with Crippen molar-refractivity contribution < 1.29 is 13.2 Å². The summed E-state index contributed by atoms with van der Waals surface area (Å²) in [6, 6.07) is -0.167. The van der Waals surface area contributed by atoms with E-state index in [1.807, 2.05) is 4.90 Å². The van der Waals surface area contributed by atoms with Gasteiger partial charge in [0.15, 0.2) is 0 Å². The molecule has 1 aliphatic carbocycles. The number of nitrogens with one attached hydrogen (secondary N) is 1. The third kappa shape index (κ3) is 3.88. The van der Waals surface area contributed by atoms with Crippen molar-refractivity contribution in [2.24, 2.45) is 22.4 Å². The maximum atomic E-state index is 12.7. The van der Waals surface area contributed by atoms with Gasteiger partial charge in [0.05, 0.1) is 5.92 Å². The molecule has 1 saturated heterocycles. The maximum absolute atomic E-state index is 12.7. The third-order valence-electron chi connectivity index (χ3n) is 4.83. The first-order valence-corrected chi connectivity index (χ1v) is 9.31. The van der Waals surface area contributed by atoms with Crippen LogP contribution < -0.4 is 9.86 Å². The summed E-state index contributed by atoms with van der Waals surface area (Å²) >= 11 is 0. The molecule has 7 heteroatoms. The molecule has 1 amide bonds. The zero-order valence-electron chi connectivity index (χ0n) is 13.8. The van der Waals surface area contributed by atoms with E-state index in [2.05, 4.69) is 38.5 Å². The second kappa shape index (κ2) is 5.94. The highest BCUT2D eigenvalue weighted by atomic mass is 32.2. The molecule has 2 aliphatic rings. The van der Waals surface area contributed by atoms with Gasteiger partial charge in [0.1, 0.15) is 0 Å². The van der Waals surface area contributed by atoms with Crippen LogP contribution in [-0.2, 0) is 15.0 Å². The van der Waals surface area contributed by atoms with Crippen molar-refractivity contribution in [3.8, 4) is 0 Å². The Labute approximate surface area is 133 Å². The molecule has 22 heavy (non-hydrogen) atoms. The number of amides is 1. The Morgan fingerprint density at radius 1 is 1.27 bits per heavy atom. The number of allylic oxidation sites excluding steroid dienone is 2. The lowest BCUT2D eigenvalue weighted by molar-refractivity contribution is -0.134. The number of carbonyl (C=O) groups is 1. The van der Waals surface area contributed by atoms with Crippen LogP contribution in [0.5, 0.6) is 0 Å².